The molecule has 3 unspecified atom stereocenters. The quantitative estimate of drug-likeness (QED) is 0.0293. The van der Waals surface area contributed by atoms with E-state index in [0.717, 1.165) is 38.5 Å². The molecule has 0 aromatic heterocycles. The van der Waals surface area contributed by atoms with Gasteiger partial charge in [0.05, 0.1) is 25.4 Å². The number of nitrogens with one attached hydrogen (secondary N) is 1. The van der Waals surface area contributed by atoms with Gasteiger partial charge in [0.2, 0.25) is 5.91 Å². The van der Waals surface area contributed by atoms with Crippen LogP contribution in [-0.2, 0) is 18.4 Å². The topological polar surface area (TPSA) is 131 Å². The minimum atomic E-state index is -4.34. The van der Waals surface area contributed by atoms with Crippen LogP contribution in [0.1, 0.15) is 181 Å². The van der Waals surface area contributed by atoms with Gasteiger partial charge in [-0.05, 0) is 32.1 Å². The molecule has 0 aromatic carbocycles. The second-order valence-electron chi connectivity index (χ2n) is 13.1. The first-order chi connectivity index (χ1) is 22.9. The van der Waals surface area contributed by atoms with Gasteiger partial charge in [0.15, 0.2) is 0 Å². The summed E-state index contributed by atoms with van der Waals surface area (Å²) >= 11 is 0. The number of phosphoric ester groups is 1. The number of hydrogen-bond donors (Lipinski definition) is 4. The highest BCUT2D eigenvalue weighted by Gasteiger charge is 2.26. The average Bonchev–Trinajstić information content (AvgIpc) is 3.05. The van der Waals surface area contributed by atoms with Crippen LogP contribution >= 0.6 is 7.82 Å². The summed E-state index contributed by atoms with van der Waals surface area (Å²) in [6.45, 7) is 4.10. The van der Waals surface area contributed by atoms with Crippen molar-refractivity contribution < 1.29 is 28.4 Å². The van der Waals surface area contributed by atoms with E-state index in [1.54, 1.807) is 6.08 Å². The van der Waals surface area contributed by atoms with Crippen LogP contribution in [-0.4, -0.2) is 47.8 Å². The Bertz CT molecular complexity index is 794. The average molecular weight is 687 g/mol. The molecule has 5 N–H and O–H groups in total. The molecular formula is C38H75N2O6P. The third-order valence-electron chi connectivity index (χ3n) is 8.53. The van der Waals surface area contributed by atoms with Crippen molar-refractivity contribution in [3.63, 3.8) is 0 Å². The highest BCUT2D eigenvalue weighted by molar-refractivity contribution is 7.47. The lowest BCUT2D eigenvalue weighted by Gasteiger charge is -2.23. The maximum absolute atomic E-state index is 12.7. The monoisotopic (exact) mass is 687 g/mol. The molecule has 9 heteroatoms. The molecule has 278 valence electrons. The van der Waals surface area contributed by atoms with E-state index in [9.17, 15) is 19.4 Å². The molecule has 0 heterocycles. The first kappa shape index (κ1) is 46.0. The third-order valence-corrected chi connectivity index (χ3v) is 9.51. The molecule has 0 bridgehead atoms. The van der Waals surface area contributed by atoms with Gasteiger partial charge in [-0.1, -0.05) is 167 Å². The van der Waals surface area contributed by atoms with Crippen molar-refractivity contribution >= 4 is 13.7 Å². The molecule has 0 rings (SSSR count). The highest BCUT2D eigenvalue weighted by Crippen LogP contribution is 2.43. The van der Waals surface area contributed by atoms with E-state index in [1.807, 2.05) is 6.08 Å². The summed E-state index contributed by atoms with van der Waals surface area (Å²) in [7, 11) is -4.34. The summed E-state index contributed by atoms with van der Waals surface area (Å²) in [5.74, 6) is -0.204. The third kappa shape index (κ3) is 33.3. The molecule has 0 aromatic rings. The van der Waals surface area contributed by atoms with Gasteiger partial charge in [0, 0.05) is 13.0 Å². The first-order valence-electron chi connectivity index (χ1n) is 19.5. The number of rotatable bonds is 36. The van der Waals surface area contributed by atoms with Crippen LogP contribution in [0, 0.1) is 0 Å². The standard InChI is InChI=1S/C38H75N2O6P/c1-3-5-7-9-11-13-15-17-18-20-22-24-26-28-30-32-38(42)40-36(35-46-47(43,44)45-34-33-39)37(41)31-29-27-25-23-21-19-16-14-12-10-8-6-4-2/h21,23,29,31,36-37,41H,3-20,22,24-28,30,32-35,39H2,1-2H3,(H,40,42)(H,43,44)/b23-21+,31-29+. The summed E-state index contributed by atoms with van der Waals surface area (Å²) in [5.41, 5.74) is 5.35. The molecule has 0 aliphatic carbocycles. The molecule has 0 spiro atoms. The number of hydrogen-bond acceptors (Lipinski definition) is 6. The summed E-state index contributed by atoms with van der Waals surface area (Å²) in [6.07, 6.45) is 37.9. The van der Waals surface area contributed by atoms with E-state index in [4.69, 9.17) is 14.8 Å². The minimum absolute atomic E-state index is 0.0756. The lowest BCUT2D eigenvalue weighted by Crippen LogP contribution is -2.45. The predicted molar refractivity (Wildman–Crippen MR) is 198 cm³/mol. The van der Waals surface area contributed by atoms with Gasteiger partial charge < -0.3 is 21.1 Å². The SMILES string of the molecule is CCCCCCCCC/C=C/CC/C=C/C(O)C(COP(=O)(O)OCCN)NC(=O)CCCCCCCCCCCCCCCCC. The Morgan fingerprint density at radius 2 is 1.13 bits per heavy atom. The van der Waals surface area contributed by atoms with Crippen LogP contribution in [0.3, 0.4) is 0 Å². The number of amides is 1. The normalized spacial score (nSPS) is 14.6. The van der Waals surface area contributed by atoms with Crippen LogP contribution in [0.15, 0.2) is 24.3 Å². The Hall–Kier alpha value is -1.02. The number of nitrogens with two attached hydrogens (primary N) is 1. The van der Waals surface area contributed by atoms with Crippen LogP contribution in [0.2, 0.25) is 0 Å². The Morgan fingerprint density at radius 3 is 1.64 bits per heavy atom. The van der Waals surface area contributed by atoms with Gasteiger partial charge in [0.25, 0.3) is 0 Å². The molecule has 0 saturated carbocycles. The van der Waals surface area contributed by atoms with E-state index in [0.29, 0.717) is 6.42 Å². The molecule has 0 aliphatic heterocycles. The van der Waals surface area contributed by atoms with Crippen molar-refractivity contribution in [3.8, 4) is 0 Å². The van der Waals surface area contributed by atoms with Crippen molar-refractivity contribution in [3.05, 3.63) is 24.3 Å². The van der Waals surface area contributed by atoms with Gasteiger partial charge in [0.1, 0.15) is 0 Å². The van der Waals surface area contributed by atoms with E-state index in [1.165, 1.54) is 122 Å². The Kier molecular flexibility index (Phi) is 34.1. The van der Waals surface area contributed by atoms with Crippen molar-refractivity contribution in [2.75, 3.05) is 19.8 Å². The Labute approximate surface area is 289 Å². The molecule has 1 amide bonds. The van der Waals surface area contributed by atoms with Crippen LogP contribution in [0.5, 0.6) is 0 Å². The van der Waals surface area contributed by atoms with Gasteiger partial charge in [-0.2, -0.15) is 0 Å². The molecule has 0 radical (unpaired) electrons. The van der Waals surface area contributed by atoms with Crippen molar-refractivity contribution in [2.24, 2.45) is 5.73 Å². The number of aliphatic hydroxyl groups excluding tert-OH is 1. The zero-order valence-corrected chi connectivity index (χ0v) is 31.4. The molecule has 3 atom stereocenters. The molecule has 0 aliphatic rings. The van der Waals surface area contributed by atoms with Crippen molar-refractivity contribution in [1.29, 1.82) is 0 Å². The number of unbranched alkanes of at least 4 members (excludes halogenated alkanes) is 22. The highest BCUT2D eigenvalue weighted by atomic mass is 31.2. The number of carbonyl (C=O) groups excluding carboxylic acids is 1. The van der Waals surface area contributed by atoms with Gasteiger partial charge >= 0.3 is 7.82 Å². The lowest BCUT2D eigenvalue weighted by molar-refractivity contribution is -0.123. The van der Waals surface area contributed by atoms with E-state index in [2.05, 4.69) is 31.3 Å². The fourth-order valence-electron chi connectivity index (χ4n) is 5.56. The minimum Gasteiger partial charge on any atom is -0.387 e. The summed E-state index contributed by atoms with van der Waals surface area (Å²) < 4.78 is 22.0. The first-order valence-corrected chi connectivity index (χ1v) is 21.0. The van der Waals surface area contributed by atoms with Crippen molar-refractivity contribution in [2.45, 2.75) is 193 Å². The predicted octanol–water partition coefficient (Wildman–Crippen LogP) is 10.2. The number of aliphatic hydroxyl groups is 1. The molecule has 8 nitrogen and oxygen atoms in total. The van der Waals surface area contributed by atoms with E-state index >= 15 is 0 Å². The fraction of sp³-hybridized carbons (Fsp3) is 0.868. The maximum Gasteiger partial charge on any atom is 0.472 e. The molecule has 0 saturated heterocycles. The molecular weight excluding hydrogens is 611 g/mol. The van der Waals surface area contributed by atoms with E-state index in [-0.39, 0.29) is 25.7 Å². The van der Waals surface area contributed by atoms with Crippen LogP contribution < -0.4 is 11.1 Å². The van der Waals surface area contributed by atoms with Gasteiger partial charge in [-0.25, -0.2) is 4.57 Å². The van der Waals surface area contributed by atoms with Gasteiger partial charge in [-0.3, -0.25) is 13.8 Å². The molecule has 47 heavy (non-hydrogen) atoms. The van der Waals surface area contributed by atoms with Crippen LogP contribution in [0.25, 0.3) is 0 Å². The van der Waals surface area contributed by atoms with Crippen LogP contribution in [0.4, 0.5) is 0 Å². The van der Waals surface area contributed by atoms with Crippen molar-refractivity contribution in [1.82, 2.24) is 5.32 Å². The number of allylic oxidation sites excluding steroid dienone is 3. The summed E-state index contributed by atoms with van der Waals surface area (Å²) in [4.78, 5) is 22.6. The van der Waals surface area contributed by atoms with E-state index < -0.39 is 20.0 Å². The summed E-state index contributed by atoms with van der Waals surface area (Å²) in [5, 5.41) is 13.6. The van der Waals surface area contributed by atoms with Gasteiger partial charge in [-0.15, -0.1) is 0 Å². The largest absolute Gasteiger partial charge is 0.472 e. The number of carbonyl (C=O) groups is 1. The summed E-state index contributed by atoms with van der Waals surface area (Å²) in [6, 6.07) is -0.870. The zero-order chi connectivity index (χ0) is 34.7. The smallest absolute Gasteiger partial charge is 0.387 e. The second-order valence-corrected chi connectivity index (χ2v) is 14.6. The Morgan fingerprint density at radius 1 is 0.681 bits per heavy atom. The number of phosphoric acid groups is 1. The zero-order valence-electron chi connectivity index (χ0n) is 30.5. The molecule has 0 fully saturated rings. The lowest BCUT2D eigenvalue weighted by atomic mass is 10.0. The fourth-order valence-corrected chi connectivity index (χ4v) is 6.32. The Balaban J connectivity index is 4.32. The second kappa shape index (κ2) is 34.8. The maximum atomic E-state index is 12.7.